The topological polar surface area (TPSA) is 46.1 Å². The van der Waals surface area contributed by atoms with E-state index in [0.717, 1.165) is 18.7 Å². The van der Waals surface area contributed by atoms with Crippen LogP contribution in [-0.4, -0.2) is 39.4 Å². The van der Waals surface area contributed by atoms with Gasteiger partial charge in [-0.25, -0.2) is 0 Å². The number of carbonyl (C=O) groups is 1. The Bertz CT molecular complexity index is 407. The lowest BCUT2D eigenvalue weighted by molar-refractivity contribution is 0.0792. The number of carbonyl (C=O) groups excluding carboxylic acids is 1. The van der Waals surface area contributed by atoms with Crippen molar-refractivity contribution in [2.24, 2.45) is 0 Å². The molecule has 0 saturated carbocycles. The van der Waals surface area contributed by atoms with Crippen LogP contribution in [0.5, 0.6) is 0 Å². The third-order valence-electron chi connectivity index (χ3n) is 2.54. The molecule has 1 rings (SSSR count). The van der Waals surface area contributed by atoms with E-state index in [0.29, 0.717) is 16.1 Å². The molecular formula is C12H18BrN3O. The summed E-state index contributed by atoms with van der Waals surface area (Å²) in [6.45, 7) is 6.44. The van der Waals surface area contributed by atoms with E-state index in [1.54, 1.807) is 17.9 Å². The molecular weight excluding hydrogens is 282 g/mol. The first-order chi connectivity index (χ1) is 7.91. The number of aryl methyl sites for hydroxylation is 2. The largest absolute Gasteiger partial charge is 0.342 e. The second kappa shape index (κ2) is 6.10. The van der Waals surface area contributed by atoms with E-state index >= 15 is 0 Å². The zero-order valence-corrected chi connectivity index (χ0v) is 12.3. The van der Waals surface area contributed by atoms with Gasteiger partial charge in [0.25, 0.3) is 5.91 Å². The van der Waals surface area contributed by atoms with Crippen LogP contribution in [0.25, 0.3) is 0 Å². The molecule has 0 fully saturated rings. The van der Waals surface area contributed by atoms with Crippen molar-refractivity contribution in [3.05, 3.63) is 23.0 Å². The van der Waals surface area contributed by atoms with Gasteiger partial charge < -0.3 is 4.90 Å². The molecule has 1 aromatic heterocycles. The van der Waals surface area contributed by atoms with Gasteiger partial charge in [0.05, 0.1) is 17.0 Å². The first-order valence-electron chi connectivity index (χ1n) is 5.62. The third-order valence-corrected chi connectivity index (χ3v) is 3.00. The maximum absolute atomic E-state index is 12.2. The highest BCUT2D eigenvalue weighted by molar-refractivity contribution is 9.09. The number of amides is 1. The Morgan fingerprint density at radius 2 is 2.12 bits per heavy atom. The zero-order chi connectivity index (χ0) is 13.0. The lowest BCUT2D eigenvalue weighted by Crippen LogP contribution is -2.29. The molecule has 0 bridgehead atoms. The van der Waals surface area contributed by atoms with Crippen LogP contribution in [0.2, 0.25) is 0 Å². The summed E-state index contributed by atoms with van der Waals surface area (Å²) in [5.74, 6) is 0.00801. The molecule has 0 aliphatic carbocycles. The lowest BCUT2D eigenvalue weighted by atomic mass is 10.1. The van der Waals surface area contributed by atoms with Gasteiger partial charge in [-0.15, -0.1) is 0 Å². The summed E-state index contributed by atoms with van der Waals surface area (Å²) in [5, 5.41) is 7.90. The Morgan fingerprint density at radius 1 is 1.47 bits per heavy atom. The van der Waals surface area contributed by atoms with E-state index in [1.807, 2.05) is 14.0 Å². The lowest BCUT2D eigenvalue weighted by Gasteiger charge is -2.18. The molecule has 17 heavy (non-hydrogen) atoms. The minimum absolute atomic E-state index is 0.00801. The van der Waals surface area contributed by atoms with Crippen molar-refractivity contribution in [1.29, 1.82) is 0 Å². The van der Waals surface area contributed by atoms with Gasteiger partial charge >= 0.3 is 0 Å². The van der Waals surface area contributed by atoms with Crippen LogP contribution in [0.4, 0.5) is 0 Å². The number of hydrogen-bond donors (Lipinski definition) is 0. The van der Waals surface area contributed by atoms with Gasteiger partial charge in [0.15, 0.2) is 0 Å². The molecule has 0 radical (unpaired) electrons. The smallest absolute Gasteiger partial charge is 0.255 e. The fourth-order valence-electron chi connectivity index (χ4n) is 1.45. The molecule has 4 nitrogen and oxygen atoms in total. The summed E-state index contributed by atoms with van der Waals surface area (Å²) < 4.78 is 0. The van der Waals surface area contributed by atoms with Crippen LogP contribution in [0.3, 0.4) is 0 Å². The van der Waals surface area contributed by atoms with Gasteiger partial charge in [0.1, 0.15) is 0 Å². The minimum atomic E-state index is 0.00801. The molecule has 1 atom stereocenters. The predicted molar refractivity (Wildman–Crippen MR) is 71.5 cm³/mol. The third kappa shape index (κ3) is 4.07. The Labute approximate surface area is 111 Å². The number of aromatic nitrogens is 2. The highest BCUT2D eigenvalue weighted by Gasteiger charge is 2.15. The summed E-state index contributed by atoms with van der Waals surface area (Å²) in [6.07, 6.45) is 0.929. The summed E-state index contributed by atoms with van der Waals surface area (Å²) >= 11 is 3.47. The number of halogens is 1. The Morgan fingerprint density at radius 3 is 2.71 bits per heavy atom. The van der Waals surface area contributed by atoms with Gasteiger partial charge in [0.2, 0.25) is 0 Å². The van der Waals surface area contributed by atoms with Crippen molar-refractivity contribution in [2.75, 3.05) is 13.6 Å². The standard InChI is InChI=1S/C12H18BrN3O/c1-8(13)5-6-16(4)12(17)11-7-9(2)14-15-10(11)3/h7-8H,5-6H2,1-4H3. The number of rotatable bonds is 4. The fraction of sp³-hybridized carbons (Fsp3) is 0.583. The molecule has 94 valence electrons. The second-order valence-electron chi connectivity index (χ2n) is 4.28. The molecule has 5 heteroatoms. The monoisotopic (exact) mass is 299 g/mol. The molecule has 0 aliphatic heterocycles. The van der Waals surface area contributed by atoms with E-state index < -0.39 is 0 Å². The molecule has 0 aliphatic rings. The second-order valence-corrected chi connectivity index (χ2v) is 5.84. The molecule has 1 unspecified atom stereocenters. The molecule has 0 spiro atoms. The summed E-state index contributed by atoms with van der Waals surface area (Å²) in [5.41, 5.74) is 2.09. The van der Waals surface area contributed by atoms with E-state index in [4.69, 9.17) is 0 Å². The van der Waals surface area contributed by atoms with Crippen LogP contribution in [0.15, 0.2) is 6.07 Å². The van der Waals surface area contributed by atoms with E-state index in [1.165, 1.54) is 0 Å². The SMILES string of the molecule is Cc1cc(C(=O)N(C)CCC(C)Br)c(C)nn1. The molecule has 1 heterocycles. The van der Waals surface area contributed by atoms with Crippen LogP contribution >= 0.6 is 15.9 Å². The number of alkyl halides is 1. The van der Waals surface area contributed by atoms with E-state index in [9.17, 15) is 4.79 Å². The molecule has 1 amide bonds. The fourth-order valence-corrected chi connectivity index (χ4v) is 1.65. The van der Waals surface area contributed by atoms with Crippen LogP contribution in [0, 0.1) is 13.8 Å². The first kappa shape index (κ1) is 14.1. The number of nitrogens with zero attached hydrogens (tertiary/aromatic N) is 3. The van der Waals surface area contributed by atoms with Crippen molar-refractivity contribution in [3.63, 3.8) is 0 Å². The Hall–Kier alpha value is -0.970. The molecule has 1 aromatic rings. The maximum atomic E-state index is 12.2. The van der Waals surface area contributed by atoms with Crippen molar-refractivity contribution >= 4 is 21.8 Å². The van der Waals surface area contributed by atoms with Crippen molar-refractivity contribution < 1.29 is 4.79 Å². The highest BCUT2D eigenvalue weighted by Crippen LogP contribution is 2.10. The highest BCUT2D eigenvalue weighted by atomic mass is 79.9. The summed E-state index contributed by atoms with van der Waals surface area (Å²) in [7, 11) is 1.81. The van der Waals surface area contributed by atoms with Gasteiger partial charge in [-0.05, 0) is 26.3 Å². The van der Waals surface area contributed by atoms with Gasteiger partial charge in [-0.1, -0.05) is 22.9 Å². The predicted octanol–water partition coefficient (Wildman–Crippen LogP) is 2.34. The zero-order valence-electron chi connectivity index (χ0n) is 10.7. The quantitative estimate of drug-likeness (QED) is 0.802. The first-order valence-corrected chi connectivity index (χ1v) is 6.54. The Kier molecular flexibility index (Phi) is 5.05. The van der Waals surface area contributed by atoms with Crippen LogP contribution in [-0.2, 0) is 0 Å². The van der Waals surface area contributed by atoms with Crippen molar-refractivity contribution in [2.45, 2.75) is 32.0 Å². The van der Waals surface area contributed by atoms with Crippen molar-refractivity contribution in [1.82, 2.24) is 15.1 Å². The van der Waals surface area contributed by atoms with Crippen LogP contribution in [0.1, 0.15) is 35.1 Å². The van der Waals surface area contributed by atoms with E-state index in [-0.39, 0.29) is 5.91 Å². The summed E-state index contributed by atoms with van der Waals surface area (Å²) in [6, 6.07) is 1.79. The van der Waals surface area contributed by atoms with Crippen LogP contribution < -0.4 is 0 Å². The normalized spacial score (nSPS) is 12.3. The molecule has 0 N–H and O–H groups in total. The molecule has 0 saturated heterocycles. The molecule has 0 aromatic carbocycles. The Balaban J connectivity index is 2.78. The minimum Gasteiger partial charge on any atom is -0.342 e. The average molecular weight is 300 g/mol. The van der Waals surface area contributed by atoms with Gasteiger partial charge in [-0.2, -0.15) is 10.2 Å². The number of hydrogen-bond acceptors (Lipinski definition) is 3. The van der Waals surface area contributed by atoms with Gasteiger partial charge in [0, 0.05) is 18.4 Å². The maximum Gasteiger partial charge on any atom is 0.255 e. The van der Waals surface area contributed by atoms with Gasteiger partial charge in [-0.3, -0.25) is 4.79 Å². The summed E-state index contributed by atoms with van der Waals surface area (Å²) in [4.78, 5) is 14.3. The average Bonchev–Trinajstić information content (AvgIpc) is 2.28. The van der Waals surface area contributed by atoms with E-state index in [2.05, 4.69) is 33.1 Å². The van der Waals surface area contributed by atoms with Crippen molar-refractivity contribution in [3.8, 4) is 0 Å².